The van der Waals surface area contributed by atoms with Gasteiger partial charge in [0.15, 0.2) is 0 Å². The molecule has 1 heterocycles. The smallest absolute Gasteiger partial charge is 0.232 e. The lowest BCUT2D eigenvalue weighted by Gasteiger charge is -2.21. The second kappa shape index (κ2) is 3.62. The minimum atomic E-state index is 0.0231. The highest BCUT2D eigenvalue weighted by Gasteiger charge is 2.33. The molecule has 0 radical (unpaired) electrons. The fraction of sp³-hybridized carbons (Fsp3) is 0.500. The van der Waals surface area contributed by atoms with Crippen LogP contribution in [0.5, 0.6) is 0 Å². The monoisotopic (exact) mass is 217 g/mol. The minimum Gasteiger partial charge on any atom is -0.325 e. The molecule has 0 bridgehead atoms. The van der Waals surface area contributed by atoms with Crippen molar-refractivity contribution < 1.29 is 4.79 Å². The topological polar surface area (TPSA) is 29.1 Å². The maximum atomic E-state index is 12.0. The van der Waals surface area contributed by atoms with Crippen molar-refractivity contribution in [2.24, 2.45) is 5.41 Å². The molecule has 1 amide bonds. The number of anilines is 1. The summed E-state index contributed by atoms with van der Waals surface area (Å²) in [5.74, 6) is 0.175. The van der Waals surface area contributed by atoms with Gasteiger partial charge >= 0.3 is 0 Å². The van der Waals surface area contributed by atoms with Crippen LogP contribution in [0.4, 0.5) is 5.69 Å². The van der Waals surface area contributed by atoms with E-state index in [2.05, 4.69) is 32.2 Å². The Morgan fingerprint density at radius 3 is 2.62 bits per heavy atom. The maximum Gasteiger partial charge on any atom is 0.232 e. The van der Waals surface area contributed by atoms with Crippen LogP contribution in [0.2, 0.25) is 0 Å². The normalized spacial score (nSPS) is 19.5. The average Bonchev–Trinajstić information content (AvgIpc) is 2.44. The molecule has 0 saturated carbocycles. The third kappa shape index (κ3) is 1.97. The molecule has 0 aromatic heterocycles. The van der Waals surface area contributed by atoms with Crippen molar-refractivity contribution in [3.8, 4) is 0 Å². The zero-order valence-electron chi connectivity index (χ0n) is 10.4. The van der Waals surface area contributed by atoms with Gasteiger partial charge in [0.1, 0.15) is 0 Å². The van der Waals surface area contributed by atoms with Crippen molar-refractivity contribution in [1.82, 2.24) is 0 Å². The number of aryl methyl sites for hydroxylation is 1. The number of benzene rings is 1. The van der Waals surface area contributed by atoms with Crippen LogP contribution in [0, 0.1) is 12.3 Å². The molecule has 1 atom stereocenters. The number of rotatable bonds is 1. The highest BCUT2D eigenvalue weighted by molar-refractivity contribution is 6.03. The first-order valence-electron chi connectivity index (χ1n) is 5.79. The van der Waals surface area contributed by atoms with E-state index in [1.165, 1.54) is 5.56 Å². The van der Waals surface area contributed by atoms with E-state index in [4.69, 9.17) is 0 Å². The first kappa shape index (κ1) is 11.2. The molecule has 0 fully saturated rings. The average molecular weight is 217 g/mol. The van der Waals surface area contributed by atoms with Gasteiger partial charge in [0.25, 0.3) is 0 Å². The van der Waals surface area contributed by atoms with Crippen LogP contribution in [0.25, 0.3) is 0 Å². The van der Waals surface area contributed by atoms with Crippen LogP contribution >= 0.6 is 0 Å². The summed E-state index contributed by atoms with van der Waals surface area (Å²) in [6.07, 6.45) is 0.898. The fourth-order valence-corrected chi connectivity index (χ4v) is 2.32. The molecule has 1 aromatic carbocycles. The van der Waals surface area contributed by atoms with E-state index < -0.39 is 0 Å². The Kier molecular flexibility index (Phi) is 2.53. The van der Waals surface area contributed by atoms with E-state index in [1.54, 1.807) is 0 Å². The third-order valence-corrected chi connectivity index (χ3v) is 3.06. The van der Waals surface area contributed by atoms with E-state index in [1.807, 2.05) is 19.1 Å². The van der Waals surface area contributed by atoms with Crippen molar-refractivity contribution >= 4 is 11.6 Å². The SMILES string of the molecule is Cc1cccc2c1NC(=O)C2CC(C)(C)C. The molecule has 1 aromatic rings. The predicted molar refractivity (Wildman–Crippen MR) is 66.6 cm³/mol. The van der Waals surface area contributed by atoms with E-state index in [0.29, 0.717) is 0 Å². The Morgan fingerprint density at radius 1 is 1.31 bits per heavy atom. The lowest BCUT2D eigenvalue weighted by Crippen LogP contribution is -2.18. The van der Waals surface area contributed by atoms with Crippen molar-refractivity contribution in [3.63, 3.8) is 0 Å². The predicted octanol–water partition coefficient (Wildman–Crippen LogP) is 3.47. The quantitative estimate of drug-likeness (QED) is 0.766. The minimum absolute atomic E-state index is 0.0231. The molecular weight excluding hydrogens is 198 g/mol. The molecule has 2 nitrogen and oxygen atoms in total. The second-order valence-electron chi connectivity index (χ2n) is 5.85. The number of nitrogens with one attached hydrogen (secondary N) is 1. The van der Waals surface area contributed by atoms with Gasteiger partial charge in [-0.1, -0.05) is 39.0 Å². The molecule has 1 N–H and O–H groups in total. The van der Waals surface area contributed by atoms with Gasteiger partial charge in [0.05, 0.1) is 5.92 Å². The standard InChI is InChI=1S/C14H19NO/c1-9-6-5-7-10-11(8-14(2,3)4)13(16)15-12(9)10/h5-7,11H,8H2,1-4H3,(H,15,16). The molecule has 1 aliphatic rings. The van der Waals surface area contributed by atoms with E-state index >= 15 is 0 Å². The van der Waals surface area contributed by atoms with E-state index in [-0.39, 0.29) is 17.2 Å². The van der Waals surface area contributed by atoms with Crippen LogP contribution in [-0.2, 0) is 4.79 Å². The largest absolute Gasteiger partial charge is 0.325 e. The lowest BCUT2D eigenvalue weighted by molar-refractivity contribution is -0.117. The Labute approximate surface area is 97.1 Å². The zero-order chi connectivity index (χ0) is 11.9. The maximum absolute atomic E-state index is 12.0. The van der Waals surface area contributed by atoms with Crippen LogP contribution in [-0.4, -0.2) is 5.91 Å². The van der Waals surface area contributed by atoms with Crippen molar-refractivity contribution in [3.05, 3.63) is 29.3 Å². The number of carbonyl (C=O) groups is 1. The van der Waals surface area contributed by atoms with Gasteiger partial charge in [-0.2, -0.15) is 0 Å². The molecule has 86 valence electrons. The summed E-state index contributed by atoms with van der Waals surface area (Å²) in [6, 6.07) is 6.14. The summed E-state index contributed by atoms with van der Waals surface area (Å²) < 4.78 is 0. The number of carbonyl (C=O) groups excluding carboxylic acids is 1. The van der Waals surface area contributed by atoms with Crippen molar-refractivity contribution in [2.45, 2.75) is 40.0 Å². The number of hydrogen-bond acceptors (Lipinski definition) is 1. The Hall–Kier alpha value is -1.31. The van der Waals surface area contributed by atoms with E-state index in [9.17, 15) is 4.79 Å². The molecule has 2 rings (SSSR count). The van der Waals surface area contributed by atoms with Gasteiger partial charge in [-0.05, 0) is 29.9 Å². The van der Waals surface area contributed by atoms with Crippen molar-refractivity contribution in [2.75, 3.05) is 5.32 Å². The highest BCUT2D eigenvalue weighted by atomic mass is 16.2. The van der Waals surface area contributed by atoms with Crippen LogP contribution in [0.3, 0.4) is 0 Å². The molecule has 0 spiro atoms. The second-order valence-corrected chi connectivity index (χ2v) is 5.85. The first-order valence-corrected chi connectivity index (χ1v) is 5.79. The Morgan fingerprint density at radius 2 is 2.00 bits per heavy atom. The molecular formula is C14H19NO. The van der Waals surface area contributed by atoms with Gasteiger partial charge in [-0.15, -0.1) is 0 Å². The van der Waals surface area contributed by atoms with Gasteiger partial charge < -0.3 is 5.32 Å². The Balaban J connectivity index is 2.37. The van der Waals surface area contributed by atoms with Crippen LogP contribution in [0.1, 0.15) is 44.2 Å². The number of hydrogen-bond donors (Lipinski definition) is 1. The molecule has 1 aliphatic heterocycles. The highest BCUT2D eigenvalue weighted by Crippen LogP contribution is 2.40. The summed E-state index contributed by atoms with van der Waals surface area (Å²) >= 11 is 0. The third-order valence-electron chi connectivity index (χ3n) is 3.06. The van der Waals surface area contributed by atoms with Gasteiger partial charge in [0.2, 0.25) is 5.91 Å². The lowest BCUT2D eigenvalue weighted by atomic mass is 9.82. The summed E-state index contributed by atoms with van der Waals surface area (Å²) in [6.45, 7) is 8.56. The van der Waals surface area contributed by atoms with Crippen molar-refractivity contribution in [1.29, 1.82) is 0 Å². The summed E-state index contributed by atoms with van der Waals surface area (Å²) in [5.41, 5.74) is 3.52. The fourth-order valence-electron chi connectivity index (χ4n) is 2.32. The van der Waals surface area contributed by atoms with Gasteiger partial charge in [-0.25, -0.2) is 0 Å². The Bertz CT molecular complexity index is 429. The number of amides is 1. The van der Waals surface area contributed by atoms with Gasteiger partial charge in [-0.3, -0.25) is 4.79 Å². The molecule has 0 aliphatic carbocycles. The van der Waals surface area contributed by atoms with Crippen LogP contribution in [0.15, 0.2) is 18.2 Å². The van der Waals surface area contributed by atoms with Crippen LogP contribution < -0.4 is 5.32 Å². The number of para-hydroxylation sites is 1. The summed E-state index contributed by atoms with van der Waals surface area (Å²) in [4.78, 5) is 12.0. The molecule has 0 saturated heterocycles. The summed E-state index contributed by atoms with van der Waals surface area (Å²) in [5, 5.41) is 3.00. The zero-order valence-corrected chi connectivity index (χ0v) is 10.4. The number of fused-ring (bicyclic) bond motifs is 1. The molecule has 16 heavy (non-hydrogen) atoms. The van der Waals surface area contributed by atoms with E-state index in [0.717, 1.165) is 17.7 Å². The molecule has 1 unspecified atom stereocenters. The van der Waals surface area contributed by atoms with Gasteiger partial charge in [0, 0.05) is 5.69 Å². The molecule has 2 heteroatoms. The first-order chi connectivity index (χ1) is 7.38. The summed E-state index contributed by atoms with van der Waals surface area (Å²) in [7, 11) is 0.